The second-order valence-corrected chi connectivity index (χ2v) is 13.5. The van der Waals surface area contributed by atoms with E-state index in [1.165, 1.54) is 0 Å². The van der Waals surface area contributed by atoms with Gasteiger partial charge in [-0.25, -0.2) is 15.0 Å². The van der Waals surface area contributed by atoms with Crippen LogP contribution in [0.5, 0.6) is 0 Å². The standard InChI is InChI=1S/C45H26BrN3O2/c46-33-14-7-12-30(25-33)28-10-5-9-27(23-28)29-11-6-13-31(24-29)43-47-44(32-21-22-41-38(26-32)35-16-2-3-19-39(35)50-41)49-45(48-43)37-18-8-17-36-34-15-1-4-20-40(34)51-42(36)37/h1-26H. The van der Waals surface area contributed by atoms with Gasteiger partial charge in [-0.15, -0.1) is 0 Å². The molecule has 5 nitrogen and oxygen atoms in total. The molecule has 0 saturated carbocycles. The molecule has 10 aromatic rings. The van der Waals surface area contributed by atoms with E-state index in [1.807, 2.05) is 66.7 Å². The summed E-state index contributed by atoms with van der Waals surface area (Å²) in [4.78, 5) is 15.3. The number of para-hydroxylation sites is 3. The summed E-state index contributed by atoms with van der Waals surface area (Å²) in [5, 5.41) is 4.14. The molecule has 51 heavy (non-hydrogen) atoms. The number of benzene rings is 7. The lowest BCUT2D eigenvalue weighted by atomic mass is 9.98. The van der Waals surface area contributed by atoms with Crippen molar-refractivity contribution in [3.8, 4) is 56.4 Å². The normalized spacial score (nSPS) is 11.6. The molecular formula is C45H26BrN3O2. The Kier molecular flexibility index (Phi) is 6.89. The maximum Gasteiger partial charge on any atom is 0.167 e. The minimum atomic E-state index is 0.541. The maximum atomic E-state index is 6.44. The highest BCUT2D eigenvalue weighted by molar-refractivity contribution is 9.10. The molecule has 0 aliphatic heterocycles. The first-order chi connectivity index (χ1) is 25.1. The van der Waals surface area contributed by atoms with E-state index in [0.29, 0.717) is 17.5 Å². The highest BCUT2D eigenvalue weighted by Gasteiger charge is 2.19. The topological polar surface area (TPSA) is 65.0 Å². The molecule has 6 heteroatoms. The van der Waals surface area contributed by atoms with Crippen molar-refractivity contribution in [3.05, 3.63) is 162 Å². The fraction of sp³-hybridized carbons (Fsp3) is 0. The zero-order valence-corrected chi connectivity index (χ0v) is 28.6. The fourth-order valence-corrected chi connectivity index (χ4v) is 7.33. The van der Waals surface area contributed by atoms with Gasteiger partial charge in [-0.3, -0.25) is 0 Å². The summed E-state index contributed by atoms with van der Waals surface area (Å²) in [5.41, 5.74) is 10.3. The molecule has 0 fully saturated rings. The van der Waals surface area contributed by atoms with Crippen LogP contribution in [0.1, 0.15) is 0 Å². The molecule has 0 bridgehead atoms. The molecule has 240 valence electrons. The van der Waals surface area contributed by atoms with Crippen molar-refractivity contribution in [2.75, 3.05) is 0 Å². The van der Waals surface area contributed by atoms with E-state index in [2.05, 4.69) is 107 Å². The second-order valence-electron chi connectivity index (χ2n) is 12.6. The van der Waals surface area contributed by atoms with E-state index in [4.69, 9.17) is 23.8 Å². The molecule has 0 aliphatic rings. The van der Waals surface area contributed by atoms with E-state index >= 15 is 0 Å². The molecule has 0 aliphatic carbocycles. The average Bonchev–Trinajstić information content (AvgIpc) is 3.76. The van der Waals surface area contributed by atoms with Gasteiger partial charge in [0.1, 0.15) is 22.3 Å². The van der Waals surface area contributed by atoms with Crippen molar-refractivity contribution in [1.82, 2.24) is 15.0 Å². The van der Waals surface area contributed by atoms with E-state index in [-0.39, 0.29) is 0 Å². The fourth-order valence-electron chi connectivity index (χ4n) is 6.93. The molecule has 0 amide bonds. The number of nitrogens with zero attached hydrogens (tertiary/aromatic N) is 3. The Balaban J connectivity index is 1.15. The van der Waals surface area contributed by atoms with E-state index in [9.17, 15) is 0 Å². The van der Waals surface area contributed by atoms with Crippen LogP contribution >= 0.6 is 15.9 Å². The number of halogens is 1. The average molecular weight is 721 g/mol. The van der Waals surface area contributed by atoms with Gasteiger partial charge >= 0.3 is 0 Å². The number of hydrogen-bond acceptors (Lipinski definition) is 5. The highest BCUT2D eigenvalue weighted by Crippen LogP contribution is 2.37. The van der Waals surface area contributed by atoms with Crippen LogP contribution in [0.4, 0.5) is 0 Å². The molecule has 0 radical (unpaired) electrons. The van der Waals surface area contributed by atoms with Gasteiger partial charge in [0, 0.05) is 37.1 Å². The van der Waals surface area contributed by atoms with Crippen LogP contribution in [0.25, 0.3) is 100 Å². The Morgan fingerprint density at radius 3 is 1.59 bits per heavy atom. The van der Waals surface area contributed by atoms with Gasteiger partial charge in [0.05, 0.1) is 5.56 Å². The lowest BCUT2D eigenvalue weighted by Crippen LogP contribution is -2.00. The summed E-state index contributed by atoms with van der Waals surface area (Å²) in [7, 11) is 0. The largest absolute Gasteiger partial charge is 0.456 e. The van der Waals surface area contributed by atoms with Gasteiger partial charge in [0.15, 0.2) is 17.5 Å². The molecule has 0 spiro atoms. The smallest absolute Gasteiger partial charge is 0.167 e. The Labute approximate surface area is 301 Å². The van der Waals surface area contributed by atoms with Crippen LogP contribution in [-0.4, -0.2) is 15.0 Å². The van der Waals surface area contributed by atoms with E-state index in [1.54, 1.807) is 0 Å². The molecule has 7 aromatic carbocycles. The van der Waals surface area contributed by atoms with Crippen LogP contribution in [0, 0.1) is 0 Å². The summed E-state index contributed by atoms with van der Waals surface area (Å²) >= 11 is 3.62. The zero-order chi connectivity index (χ0) is 33.9. The Morgan fingerprint density at radius 1 is 0.353 bits per heavy atom. The Morgan fingerprint density at radius 2 is 0.863 bits per heavy atom. The number of aromatic nitrogens is 3. The first-order valence-electron chi connectivity index (χ1n) is 16.7. The lowest BCUT2D eigenvalue weighted by Gasteiger charge is -2.11. The van der Waals surface area contributed by atoms with E-state index in [0.717, 1.165) is 87.3 Å². The van der Waals surface area contributed by atoms with Crippen molar-refractivity contribution in [2.45, 2.75) is 0 Å². The highest BCUT2D eigenvalue weighted by atomic mass is 79.9. The predicted molar refractivity (Wildman–Crippen MR) is 209 cm³/mol. The van der Waals surface area contributed by atoms with Crippen molar-refractivity contribution < 1.29 is 8.83 Å². The van der Waals surface area contributed by atoms with Gasteiger partial charge in [-0.1, -0.05) is 113 Å². The van der Waals surface area contributed by atoms with Crippen molar-refractivity contribution in [3.63, 3.8) is 0 Å². The van der Waals surface area contributed by atoms with Crippen molar-refractivity contribution in [2.24, 2.45) is 0 Å². The Hall–Kier alpha value is -6.37. The monoisotopic (exact) mass is 719 g/mol. The van der Waals surface area contributed by atoms with Gasteiger partial charge in [0.2, 0.25) is 0 Å². The summed E-state index contributed by atoms with van der Waals surface area (Å²) < 4.78 is 13.6. The third-order valence-corrected chi connectivity index (χ3v) is 9.88. The van der Waals surface area contributed by atoms with Crippen LogP contribution in [0.3, 0.4) is 0 Å². The number of hydrogen-bond donors (Lipinski definition) is 0. The quantitative estimate of drug-likeness (QED) is 0.177. The van der Waals surface area contributed by atoms with Crippen LogP contribution in [0.2, 0.25) is 0 Å². The Bertz CT molecular complexity index is 2960. The zero-order valence-electron chi connectivity index (χ0n) is 27.0. The number of furan rings is 2. The molecule has 0 saturated heterocycles. The minimum absolute atomic E-state index is 0.541. The van der Waals surface area contributed by atoms with Crippen LogP contribution < -0.4 is 0 Å². The molecule has 3 heterocycles. The maximum absolute atomic E-state index is 6.44. The van der Waals surface area contributed by atoms with Crippen LogP contribution in [-0.2, 0) is 0 Å². The third kappa shape index (κ3) is 5.20. The van der Waals surface area contributed by atoms with Gasteiger partial charge in [-0.05, 0) is 82.9 Å². The summed E-state index contributed by atoms with van der Waals surface area (Å²) in [6, 6.07) is 53.7. The van der Waals surface area contributed by atoms with Gasteiger partial charge in [0.25, 0.3) is 0 Å². The first kappa shape index (κ1) is 29.5. The summed E-state index contributed by atoms with van der Waals surface area (Å²) in [6.07, 6.45) is 0. The molecule has 10 rings (SSSR count). The SMILES string of the molecule is Brc1cccc(-c2cccc(-c3cccc(-c4nc(-c5ccc6oc7ccccc7c6c5)nc(-c5cccc6c5oc5ccccc56)n4)c3)c2)c1. The molecule has 0 atom stereocenters. The summed E-state index contributed by atoms with van der Waals surface area (Å²) in [6.45, 7) is 0. The van der Waals surface area contributed by atoms with Gasteiger partial charge < -0.3 is 8.83 Å². The number of fused-ring (bicyclic) bond motifs is 6. The summed E-state index contributed by atoms with van der Waals surface area (Å²) in [5.74, 6) is 1.68. The molecule has 0 N–H and O–H groups in total. The predicted octanol–water partition coefficient (Wildman–Crippen LogP) is 12.8. The molecule has 0 unspecified atom stereocenters. The number of rotatable bonds is 5. The van der Waals surface area contributed by atoms with Gasteiger partial charge in [-0.2, -0.15) is 0 Å². The van der Waals surface area contributed by atoms with E-state index < -0.39 is 0 Å². The first-order valence-corrected chi connectivity index (χ1v) is 17.5. The minimum Gasteiger partial charge on any atom is -0.456 e. The van der Waals surface area contributed by atoms with Crippen LogP contribution in [0.15, 0.2) is 171 Å². The lowest BCUT2D eigenvalue weighted by molar-refractivity contribution is 0.669. The molecular weight excluding hydrogens is 694 g/mol. The third-order valence-electron chi connectivity index (χ3n) is 9.39. The second kappa shape index (κ2) is 11.9. The van der Waals surface area contributed by atoms with Crippen molar-refractivity contribution >= 4 is 59.8 Å². The molecule has 3 aromatic heterocycles. The van der Waals surface area contributed by atoms with Crippen molar-refractivity contribution in [1.29, 1.82) is 0 Å².